The number of carbonyl (C=O) groups is 2. The van der Waals surface area contributed by atoms with Gasteiger partial charge in [-0.25, -0.2) is 4.79 Å². The molecule has 2 aliphatic rings. The summed E-state index contributed by atoms with van der Waals surface area (Å²) in [5, 5.41) is 9.04. The summed E-state index contributed by atoms with van der Waals surface area (Å²) in [4.78, 5) is 25.2. The number of benzene rings is 1. The molecule has 1 fully saturated rings. The number of carboxylic acid groups (broad SMARTS) is 1. The normalized spacial score (nSPS) is 23.9. The molecule has 2 heterocycles. The zero-order valence-electron chi connectivity index (χ0n) is 10.7. The maximum Gasteiger partial charge on any atom is 0.327 e. The van der Waals surface area contributed by atoms with Crippen LogP contribution in [-0.4, -0.2) is 45.8 Å². The van der Waals surface area contributed by atoms with Crippen LogP contribution in [0.3, 0.4) is 0 Å². The van der Waals surface area contributed by atoms with Crippen molar-refractivity contribution < 1.29 is 24.2 Å². The molecule has 3 rings (SSSR count). The molecule has 0 aromatic heterocycles. The Balaban J connectivity index is 1.89. The number of fused-ring (bicyclic) bond motifs is 1. The predicted molar refractivity (Wildman–Crippen MR) is 72.1 cm³/mol. The van der Waals surface area contributed by atoms with Crippen molar-refractivity contribution in [2.24, 2.45) is 0 Å². The van der Waals surface area contributed by atoms with Gasteiger partial charge < -0.3 is 19.5 Å². The lowest BCUT2D eigenvalue weighted by Crippen LogP contribution is -2.44. The Bertz CT molecular complexity index is 576. The van der Waals surface area contributed by atoms with Gasteiger partial charge in [-0.2, -0.15) is 0 Å². The highest BCUT2D eigenvalue weighted by atomic mass is 32.2. The van der Waals surface area contributed by atoms with Crippen LogP contribution >= 0.6 is 11.8 Å². The molecule has 0 bridgehead atoms. The fraction of sp³-hybridized carbons (Fsp3) is 0.385. The van der Waals surface area contributed by atoms with E-state index < -0.39 is 12.0 Å². The molecule has 0 spiro atoms. The van der Waals surface area contributed by atoms with Gasteiger partial charge in [0.1, 0.15) is 6.04 Å². The lowest BCUT2D eigenvalue weighted by atomic mass is 10.1. The highest BCUT2D eigenvalue weighted by molar-refractivity contribution is 8.00. The number of carboxylic acids is 1. The first-order valence-corrected chi connectivity index (χ1v) is 7.19. The number of ether oxygens (including phenoxy) is 2. The first kappa shape index (κ1) is 13.1. The third-order valence-electron chi connectivity index (χ3n) is 3.36. The lowest BCUT2D eigenvalue weighted by molar-refractivity contribution is -0.141. The lowest BCUT2D eigenvalue weighted by Gasteiger charge is -2.25. The van der Waals surface area contributed by atoms with Gasteiger partial charge in [-0.05, 0) is 25.1 Å². The van der Waals surface area contributed by atoms with Crippen LogP contribution in [0.15, 0.2) is 18.2 Å². The predicted octanol–water partition coefficient (Wildman–Crippen LogP) is 1.40. The highest BCUT2D eigenvalue weighted by Crippen LogP contribution is 2.35. The van der Waals surface area contributed by atoms with Gasteiger partial charge in [0.2, 0.25) is 6.79 Å². The van der Waals surface area contributed by atoms with Gasteiger partial charge in [0.15, 0.2) is 11.5 Å². The van der Waals surface area contributed by atoms with Crippen molar-refractivity contribution in [3.05, 3.63) is 23.8 Å². The van der Waals surface area contributed by atoms with Crippen LogP contribution in [0.5, 0.6) is 11.5 Å². The van der Waals surface area contributed by atoms with Crippen LogP contribution in [-0.2, 0) is 4.79 Å². The van der Waals surface area contributed by atoms with Crippen LogP contribution in [0.25, 0.3) is 0 Å². The zero-order valence-corrected chi connectivity index (χ0v) is 11.6. The number of rotatable bonds is 2. The van der Waals surface area contributed by atoms with Crippen LogP contribution < -0.4 is 9.47 Å². The summed E-state index contributed by atoms with van der Waals surface area (Å²) in [6.07, 6.45) is 0. The van der Waals surface area contributed by atoms with Crippen molar-refractivity contribution in [2.45, 2.75) is 18.3 Å². The van der Waals surface area contributed by atoms with Crippen LogP contribution in [0.1, 0.15) is 17.3 Å². The van der Waals surface area contributed by atoms with Crippen molar-refractivity contribution in [2.75, 3.05) is 12.5 Å². The summed E-state index contributed by atoms with van der Waals surface area (Å²) in [7, 11) is 0. The van der Waals surface area contributed by atoms with E-state index in [0.29, 0.717) is 22.8 Å². The van der Waals surface area contributed by atoms with Crippen molar-refractivity contribution in [3.63, 3.8) is 0 Å². The molecular formula is C13H13NO5S. The fourth-order valence-corrected chi connectivity index (χ4v) is 3.49. The van der Waals surface area contributed by atoms with E-state index in [4.69, 9.17) is 9.47 Å². The van der Waals surface area contributed by atoms with E-state index in [1.54, 1.807) is 18.2 Å². The van der Waals surface area contributed by atoms with Crippen molar-refractivity contribution >= 4 is 23.6 Å². The van der Waals surface area contributed by atoms with E-state index in [9.17, 15) is 14.7 Å². The average Bonchev–Trinajstić information content (AvgIpc) is 3.03. The Hall–Kier alpha value is -1.89. The second-order valence-corrected chi connectivity index (χ2v) is 5.92. The molecule has 1 amide bonds. The first-order chi connectivity index (χ1) is 9.58. The molecule has 2 atom stereocenters. The molecular weight excluding hydrogens is 282 g/mol. The van der Waals surface area contributed by atoms with Crippen molar-refractivity contribution in [3.8, 4) is 11.5 Å². The summed E-state index contributed by atoms with van der Waals surface area (Å²) in [6.45, 7) is 1.97. The molecule has 0 radical (unpaired) electrons. The molecule has 0 saturated carbocycles. The molecule has 2 unspecified atom stereocenters. The van der Waals surface area contributed by atoms with E-state index in [1.165, 1.54) is 16.7 Å². The molecule has 1 aromatic rings. The first-order valence-electron chi connectivity index (χ1n) is 6.14. The minimum atomic E-state index is -0.976. The second-order valence-electron chi connectivity index (χ2n) is 4.57. The topological polar surface area (TPSA) is 76.1 Å². The summed E-state index contributed by atoms with van der Waals surface area (Å²) in [6, 6.07) is 4.11. The monoisotopic (exact) mass is 295 g/mol. The van der Waals surface area contributed by atoms with Crippen LogP contribution in [0, 0.1) is 0 Å². The Morgan fingerprint density at radius 1 is 1.35 bits per heavy atom. The number of thioether (sulfide) groups is 1. The van der Waals surface area contributed by atoms with E-state index in [0.717, 1.165) is 0 Å². The fourth-order valence-electron chi connectivity index (χ4n) is 2.32. The van der Waals surface area contributed by atoms with Crippen molar-refractivity contribution in [1.29, 1.82) is 0 Å². The molecule has 1 aromatic carbocycles. The number of amides is 1. The minimum absolute atomic E-state index is 0.140. The highest BCUT2D eigenvalue weighted by Gasteiger charge is 2.40. The third kappa shape index (κ3) is 2.07. The average molecular weight is 295 g/mol. The Morgan fingerprint density at radius 3 is 2.85 bits per heavy atom. The smallest absolute Gasteiger partial charge is 0.327 e. The van der Waals surface area contributed by atoms with E-state index in [1.807, 2.05) is 6.92 Å². The number of aliphatic carboxylic acids is 1. The third-order valence-corrected chi connectivity index (χ3v) is 4.58. The van der Waals surface area contributed by atoms with Gasteiger partial charge in [-0.15, -0.1) is 11.8 Å². The van der Waals surface area contributed by atoms with Gasteiger partial charge in [0.05, 0.1) is 5.37 Å². The molecule has 20 heavy (non-hydrogen) atoms. The Labute approximate surface area is 119 Å². The van der Waals surface area contributed by atoms with Gasteiger partial charge in [-0.1, -0.05) is 0 Å². The van der Waals surface area contributed by atoms with Gasteiger partial charge in [-0.3, -0.25) is 4.79 Å². The van der Waals surface area contributed by atoms with E-state index >= 15 is 0 Å². The maximum atomic E-state index is 12.5. The Morgan fingerprint density at radius 2 is 2.10 bits per heavy atom. The Kier molecular flexibility index (Phi) is 3.21. The molecule has 106 valence electrons. The largest absolute Gasteiger partial charge is 0.480 e. The van der Waals surface area contributed by atoms with Crippen molar-refractivity contribution in [1.82, 2.24) is 4.90 Å². The summed E-state index contributed by atoms with van der Waals surface area (Å²) >= 11 is 1.46. The standard InChI is InChI=1S/C13H13NO5S/c1-7-14(9(5-20-7)13(16)17)12(15)8-2-3-10-11(4-8)19-6-18-10/h2-4,7,9H,5-6H2,1H3,(H,16,17). The van der Waals surface area contributed by atoms with Crippen LogP contribution in [0.4, 0.5) is 0 Å². The SMILES string of the molecule is CC1SCC(C(=O)O)N1C(=O)c1ccc2c(c1)OCO2. The number of carbonyl (C=O) groups excluding carboxylic acids is 1. The molecule has 1 N–H and O–H groups in total. The number of hydrogen-bond acceptors (Lipinski definition) is 5. The number of hydrogen-bond donors (Lipinski definition) is 1. The minimum Gasteiger partial charge on any atom is -0.480 e. The van der Waals surface area contributed by atoms with E-state index in [-0.39, 0.29) is 18.1 Å². The van der Waals surface area contributed by atoms with E-state index in [2.05, 4.69) is 0 Å². The van der Waals surface area contributed by atoms with Gasteiger partial charge in [0, 0.05) is 11.3 Å². The zero-order chi connectivity index (χ0) is 14.3. The summed E-state index contributed by atoms with van der Waals surface area (Å²) in [5.41, 5.74) is 0.412. The second kappa shape index (κ2) is 4.90. The van der Waals surface area contributed by atoms with Gasteiger partial charge in [0.25, 0.3) is 5.91 Å². The molecule has 7 heteroatoms. The maximum absolute atomic E-state index is 12.5. The van der Waals surface area contributed by atoms with Crippen LogP contribution in [0.2, 0.25) is 0 Å². The molecule has 6 nitrogen and oxygen atoms in total. The quantitative estimate of drug-likeness (QED) is 0.889. The summed E-state index contributed by atoms with van der Waals surface area (Å²) in [5.74, 6) is 0.249. The summed E-state index contributed by atoms with van der Waals surface area (Å²) < 4.78 is 10.4. The molecule has 1 saturated heterocycles. The van der Waals surface area contributed by atoms with Gasteiger partial charge >= 0.3 is 5.97 Å². The molecule has 0 aliphatic carbocycles. The molecule has 2 aliphatic heterocycles. The number of nitrogens with zero attached hydrogens (tertiary/aromatic N) is 1.